The maximum Gasteiger partial charge on any atom is 0.257 e. The first-order chi connectivity index (χ1) is 16.1. The van der Waals surface area contributed by atoms with Gasteiger partial charge in [0.1, 0.15) is 23.2 Å². The molecule has 1 aromatic heterocycles. The van der Waals surface area contributed by atoms with Crippen LogP contribution in [0.2, 0.25) is 5.02 Å². The normalized spacial score (nSPS) is 10.5. The van der Waals surface area contributed by atoms with Gasteiger partial charge < -0.3 is 15.0 Å². The molecule has 0 aliphatic heterocycles. The van der Waals surface area contributed by atoms with Gasteiger partial charge >= 0.3 is 0 Å². The summed E-state index contributed by atoms with van der Waals surface area (Å²) < 4.78 is 20.2. The lowest BCUT2D eigenvalue weighted by Crippen LogP contribution is -2.22. The van der Waals surface area contributed by atoms with E-state index in [-0.39, 0.29) is 29.2 Å². The van der Waals surface area contributed by atoms with Crippen molar-refractivity contribution in [2.24, 2.45) is 0 Å². The minimum Gasteiger partial charge on any atom is -0.496 e. The zero-order chi connectivity index (χ0) is 25.0. The van der Waals surface area contributed by atoms with E-state index >= 15 is 0 Å². The highest BCUT2D eigenvalue weighted by Gasteiger charge is 2.22. The van der Waals surface area contributed by atoms with Crippen LogP contribution in [0.5, 0.6) is 5.75 Å². The molecule has 0 radical (unpaired) electrons. The molecule has 9 heteroatoms. The second-order valence-electron chi connectivity index (χ2n) is 7.85. The van der Waals surface area contributed by atoms with E-state index in [0.29, 0.717) is 21.9 Å². The summed E-state index contributed by atoms with van der Waals surface area (Å²) in [5.74, 6) is -1.01. The van der Waals surface area contributed by atoms with E-state index in [4.69, 9.17) is 21.7 Å². The molecule has 0 bridgehead atoms. The Morgan fingerprint density at radius 2 is 1.88 bits per heavy atom. The number of ether oxygens (including phenoxy) is 1. The van der Waals surface area contributed by atoms with Crippen LogP contribution < -0.4 is 10.1 Å². The van der Waals surface area contributed by atoms with Crippen molar-refractivity contribution in [2.75, 3.05) is 26.5 Å². The summed E-state index contributed by atoms with van der Waals surface area (Å²) in [4.78, 5) is 31.7. The minimum atomic E-state index is -0.739. The van der Waals surface area contributed by atoms with E-state index in [1.807, 2.05) is 0 Å². The maximum atomic E-state index is 14.8. The highest BCUT2D eigenvalue weighted by atomic mass is 35.5. The van der Waals surface area contributed by atoms with Gasteiger partial charge in [-0.15, -0.1) is 0 Å². The number of methoxy groups -OCH3 is 1. The van der Waals surface area contributed by atoms with E-state index in [0.717, 1.165) is 11.6 Å². The van der Waals surface area contributed by atoms with Crippen molar-refractivity contribution in [2.45, 2.75) is 13.3 Å². The number of anilines is 1. The number of aryl methyl sites for hydroxylation is 1. The molecule has 0 saturated heterocycles. The number of benzene rings is 2. The summed E-state index contributed by atoms with van der Waals surface area (Å²) in [6.07, 6.45) is 1.14. The molecular weight excluding hydrogens is 459 g/mol. The Hall–Kier alpha value is -3.78. The van der Waals surface area contributed by atoms with Gasteiger partial charge in [0.25, 0.3) is 5.91 Å². The molecule has 0 atom stereocenters. The second kappa shape index (κ2) is 10.4. The fourth-order valence-electron chi connectivity index (χ4n) is 3.39. The lowest BCUT2D eigenvalue weighted by molar-refractivity contribution is 0.0987. The first kappa shape index (κ1) is 24.9. The van der Waals surface area contributed by atoms with Crippen LogP contribution in [0.25, 0.3) is 0 Å². The van der Waals surface area contributed by atoms with Crippen LogP contribution in [0.1, 0.15) is 37.4 Å². The average molecular weight is 483 g/mol. The quantitative estimate of drug-likeness (QED) is 0.288. The summed E-state index contributed by atoms with van der Waals surface area (Å²) in [6.45, 7) is 1.80. The zero-order valence-electron chi connectivity index (χ0n) is 19.2. The first-order valence-electron chi connectivity index (χ1n) is 10.3. The molecule has 0 aliphatic carbocycles. The van der Waals surface area contributed by atoms with Gasteiger partial charge in [-0.3, -0.25) is 15.0 Å². The molecule has 3 rings (SSSR count). The Balaban J connectivity index is 1.94. The number of Topliss-reactive ketones (excluding diaryl/α,β-unsaturated/α-hetero) is 1. The molecule has 3 aromatic rings. The van der Waals surface area contributed by atoms with Crippen molar-refractivity contribution in [3.05, 3.63) is 87.3 Å². The van der Waals surface area contributed by atoms with E-state index in [9.17, 15) is 14.0 Å². The minimum absolute atomic E-state index is 0.118. The van der Waals surface area contributed by atoms with Crippen LogP contribution in [-0.4, -0.2) is 48.6 Å². The number of rotatable bonds is 7. The number of hydrogen-bond acceptors (Lipinski definition) is 5. The Kier molecular flexibility index (Phi) is 7.63. The topological polar surface area (TPSA) is 95.4 Å². The summed E-state index contributed by atoms with van der Waals surface area (Å²) in [5.41, 5.74) is 1.51. The molecule has 0 aliphatic rings. The molecule has 1 heterocycles. The van der Waals surface area contributed by atoms with Crippen molar-refractivity contribution in [1.82, 2.24) is 9.88 Å². The van der Waals surface area contributed by atoms with Gasteiger partial charge in [0.15, 0.2) is 5.78 Å². The maximum absolute atomic E-state index is 14.8. The molecule has 1 amide bonds. The third kappa shape index (κ3) is 5.58. The van der Waals surface area contributed by atoms with Gasteiger partial charge in [0.05, 0.1) is 17.7 Å². The molecule has 2 N–H and O–H groups in total. The summed E-state index contributed by atoms with van der Waals surface area (Å²) in [6, 6.07) is 10.5. The zero-order valence-corrected chi connectivity index (χ0v) is 20.0. The molecule has 0 unspecified atom stereocenters. The Morgan fingerprint density at radius 1 is 1.15 bits per heavy atom. The molecular formula is C25H24ClFN4O3. The van der Waals surface area contributed by atoms with Crippen LogP contribution in [0.15, 0.2) is 48.7 Å². The van der Waals surface area contributed by atoms with Gasteiger partial charge in [0, 0.05) is 43.4 Å². The summed E-state index contributed by atoms with van der Waals surface area (Å²) in [5, 5.41) is 11.1. The van der Waals surface area contributed by atoms with Gasteiger partial charge in [-0.1, -0.05) is 17.7 Å². The van der Waals surface area contributed by atoms with Crippen LogP contribution in [0.3, 0.4) is 0 Å². The highest BCUT2D eigenvalue weighted by Crippen LogP contribution is 2.28. The monoisotopic (exact) mass is 482 g/mol. The van der Waals surface area contributed by atoms with E-state index in [1.54, 1.807) is 45.3 Å². The van der Waals surface area contributed by atoms with E-state index in [1.165, 1.54) is 30.3 Å². The van der Waals surface area contributed by atoms with Gasteiger partial charge in [-0.05, 0) is 48.9 Å². The Bertz CT molecular complexity index is 1260. The number of amidine groups is 1. The Labute approximate surface area is 202 Å². The van der Waals surface area contributed by atoms with Gasteiger partial charge in [-0.2, -0.15) is 0 Å². The molecule has 2 aromatic carbocycles. The molecule has 7 nitrogen and oxygen atoms in total. The van der Waals surface area contributed by atoms with Crippen molar-refractivity contribution in [1.29, 1.82) is 5.41 Å². The number of nitrogens with zero attached hydrogens (tertiary/aromatic N) is 2. The van der Waals surface area contributed by atoms with Crippen LogP contribution in [0.4, 0.5) is 10.2 Å². The average Bonchev–Trinajstić information content (AvgIpc) is 2.80. The number of ketones is 1. The van der Waals surface area contributed by atoms with E-state index < -0.39 is 17.5 Å². The fraction of sp³-hybridized carbons (Fsp3) is 0.200. The standard InChI is InChI=1S/C25H24ClFN4O3/c1-14-9-19(25(33)30-23-8-6-16(26)13-29-23)18(22(10-14)34-4)12-21(32)17-7-5-15(11-20(17)27)24(28)31(2)3/h5-11,13,28H,12H2,1-4H3,(H,29,30,33). The Morgan fingerprint density at radius 3 is 2.47 bits per heavy atom. The lowest BCUT2D eigenvalue weighted by Gasteiger charge is -2.16. The molecule has 0 spiro atoms. The number of pyridine rings is 1. The molecule has 34 heavy (non-hydrogen) atoms. The summed E-state index contributed by atoms with van der Waals surface area (Å²) in [7, 11) is 4.79. The number of nitrogens with one attached hydrogen (secondary N) is 2. The lowest BCUT2D eigenvalue weighted by atomic mass is 9.95. The molecule has 0 fully saturated rings. The number of hydrogen-bond donors (Lipinski definition) is 2. The van der Waals surface area contributed by atoms with Crippen LogP contribution >= 0.6 is 11.6 Å². The smallest absolute Gasteiger partial charge is 0.257 e. The number of halogens is 2. The van der Waals surface area contributed by atoms with Crippen molar-refractivity contribution in [3.63, 3.8) is 0 Å². The number of amides is 1. The van der Waals surface area contributed by atoms with Crippen molar-refractivity contribution in [3.8, 4) is 5.75 Å². The van der Waals surface area contributed by atoms with Crippen LogP contribution in [0, 0.1) is 18.2 Å². The molecule has 176 valence electrons. The van der Waals surface area contributed by atoms with Gasteiger partial charge in [0.2, 0.25) is 0 Å². The summed E-state index contributed by atoms with van der Waals surface area (Å²) >= 11 is 5.85. The van der Waals surface area contributed by atoms with Gasteiger partial charge in [-0.25, -0.2) is 9.37 Å². The van der Waals surface area contributed by atoms with Crippen molar-refractivity contribution >= 4 is 34.9 Å². The van der Waals surface area contributed by atoms with Crippen LogP contribution in [-0.2, 0) is 6.42 Å². The fourth-order valence-corrected chi connectivity index (χ4v) is 3.50. The predicted molar refractivity (Wildman–Crippen MR) is 130 cm³/mol. The van der Waals surface area contributed by atoms with Crippen molar-refractivity contribution < 1.29 is 18.7 Å². The SMILES string of the molecule is COc1cc(C)cc(C(=O)Nc2ccc(Cl)cn2)c1CC(=O)c1ccc(C(=N)N(C)C)cc1F. The number of carbonyl (C=O) groups is 2. The first-order valence-corrected chi connectivity index (χ1v) is 10.7. The predicted octanol–water partition coefficient (Wildman–Crippen LogP) is 4.76. The second-order valence-corrected chi connectivity index (χ2v) is 8.28. The highest BCUT2D eigenvalue weighted by molar-refractivity contribution is 6.30. The van der Waals surface area contributed by atoms with E-state index in [2.05, 4.69) is 10.3 Å². The largest absolute Gasteiger partial charge is 0.496 e. The third-order valence-electron chi connectivity index (χ3n) is 5.11. The third-order valence-corrected chi connectivity index (χ3v) is 5.34. The number of aromatic nitrogens is 1. The number of carbonyl (C=O) groups excluding carboxylic acids is 2. The molecule has 0 saturated carbocycles.